The van der Waals surface area contributed by atoms with E-state index >= 15 is 0 Å². The van der Waals surface area contributed by atoms with Crippen LogP contribution in [0.4, 0.5) is 0 Å². The van der Waals surface area contributed by atoms with E-state index in [1.165, 1.54) is 11.1 Å². The summed E-state index contributed by atoms with van der Waals surface area (Å²) >= 11 is 3.51. The van der Waals surface area contributed by atoms with Crippen molar-refractivity contribution in [3.8, 4) is 0 Å². The lowest BCUT2D eigenvalue weighted by atomic mass is 9.77. The molecule has 0 fully saturated rings. The topological polar surface area (TPSA) is 32.3 Å². The first-order chi connectivity index (χ1) is 10.1. The second-order valence-electron chi connectivity index (χ2n) is 5.62. The van der Waals surface area contributed by atoms with Crippen LogP contribution in [0.5, 0.6) is 0 Å². The quantitative estimate of drug-likeness (QED) is 0.883. The number of fused-ring (bicyclic) bond motifs is 1. The zero-order valence-corrected chi connectivity index (χ0v) is 13.7. The molecule has 0 bridgehead atoms. The van der Waals surface area contributed by atoms with Gasteiger partial charge in [0.1, 0.15) is 5.60 Å². The largest absolute Gasteiger partial charge is 0.383 e. The van der Waals surface area contributed by atoms with Crippen LogP contribution >= 0.6 is 15.9 Å². The van der Waals surface area contributed by atoms with Gasteiger partial charge in [-0.15, -0.1) is 0 Å². The molecule has 3 rings (SSSR count). The predicted molar refractivity (Wildman–Crippen MR) is 89.2 cm³/mol. The van der Waals surface area contributed by atoms with E-state index in [-0.39, 0.29) is 6.04 Å². The van der Waals surface area contributed by atoms with Gasteiger partial charge in [0.25, 0.3) is 0 Å². The Morgan fingerprint density at radius 3 is 2.81 bits per heavy atom. The lowest BCUT2D eigenvalue weighted by Crippen LogP contribution is -2.44. The molecule has 0 aromatic heterocycles. The molecule has 0 radical (unpaired) electrons. The molecule has 2 nitrogen and oxygen atoms in total. The summed E-state index contributed by atoms with van der Waals surface area (Å²) in [7, 11) is 0. The third kappa shape index (κ3) is 2.66. The number of rotatable bonds is 3. The van der Waals surface area contributed by atoms with Crippen molar-refractivity contribution < 1.29 is 5.11 Å². The van der Waals surface area contributed by atoms with Crippen molar-refractivity contribution in [1.82, 2.24) is 5.32 Å². The summed E-state index contributed by atoms with van der Waals surface area (Å²) in [6.07, 6.45) is 1.68. The van der Waals surface area contributed by atoms with E-state index in [0.29, 0.717) is 6.42 Å². The molecule has 1 aliphatic rings. The van der Waals surface area contributed by atoms with Crippen LogP contribution in [-0.4, -0.2) is 11.7 Å². The molecule has 21 heavy (non-hydrogen) atoms. The molecular formula is C18H20BrNO. The van der Waals surface area contributed by atoms with Gasteiger partial charge in [-0.05, 0) is 48.2 Å². The summed E-state index contributed by atoms with van der Waals surface area (Å²) in [6, 6.07) is 16.3. The standard InChI is InChI=1S/C18H20BrNO/c1-2-18(21,14-7-5-8-15(19)12-14)17-16-9-4-3-6-13(16)10-11-20-17/h3-9,12,17,20-21H,2,10-11H2,1H3. The number of hydrogen-bond donors (Lipinski definition) is 2. The van der Waals surface area contributed by atoms with Crippen LogP contribution in [0.15, 0.2) is 53.0 Å². The van der Waals surface area contributed by atoms with E-state index in [1.807, 2.05) is 31.2 Å². The van der Waals surface area contributed by atoms with Crippen molar-refractivity contribution in [3.05, 3.63) is 69.7 Å². The minimum absolute atomic E-state index is 0.0678. The van der Waals surface area contributed by atoms with E-state index in [9.17, 15) is 5.11 Å². The molecule has 1 heterocycles. The van der Waals surface area contributed by atoms with Gasteiger partial charge in [-0.3, -0.25) is 0 Å². The Morgan fingerprint density at radius 2 is 2.05 bits per heavy atom. The van der Waals surface area contributed by atoms with Crippen LogP contribution < -0.4 is 5.32 Å². The van der Waals surface area contributed by atoms with Crippen molar-refractivity contribution in [1.29, 1.82) is 0 Å². The predicted octanol–water partition coefficient (Wildman–Crippen LogP) is 3.93. The average Bonchev–Trinajstić information content (AvgIpc) is 2.53. The smallest absolute Gasteiger partial charge is 0.109 e. The van der Waals surface area contributed by atoms with E-state index in [4.69, 9.17) is 0 Å². The molecule has 0 spiro atoms. The Balaban J connectivity index is 2.08. The van der Waals surface area contributed by atoms with Gasteiger partial charge < -0.3 is 10.4 Å². The molecule has 2 N–H and O–H groups in total. The zero-order chi connectivity index (χ0) is 14.9. The van der Waals surface area contributed by atoms with E-state index in [0.717, 1.165) is 23.0 Å². The van der Waals surface area contributed by atoms with Gasteiger partial charge >= 0.3 is 0 Å². The van der Waals surface area contributed by atoms with Crippen LogP contribution in [0.1, 0.15) is 36.1 Å². The second-order valence-corrected chi connectivity index (χ2v) is 6.54. The van der Waals surface area contributed by atoms with Crippen LogP contribution in [0.2, 0.25) is 0 Å². The third-order valence-corrected chi connectivity index (χ3v) is 4.94. The summed E-state index contributed by atoms with van der Waals surface area (Å²) in [5.74, 6) is 0. The highest BCUT2D eigenvalue weighted by Crippen LogP contribution is 2.41. The van der Waals surface area contributed by atoms with Gasteiger partial charge in [0.15, 0.2) is 0 Å². The minimum Gasteiger partial charge on any atom is -0.383 e. The van der Waals surface area contributed by atoms with Crippen molar-refractivity contribution >= 4 is 15.9 Å². The maximum atomic E-state index is 11.4. The van der Waals surface area contributed by atoms with Gasteiger partial charge in [0.2, 0.25) is 0 Å². The van der Waals surface area contributed by atoms with Crippen LogP contribution in [-0.2, 0) is 12.0 Å². The van der Waals surface area contributed by atoms with Gasteiger partial charge in [-0.1, -0.05) is 59.3 Å². The first kappa shape index (κ1) is 14.8. The summed E-state index contributed by atoms with van der Waals surface area (Å²) < 4.78 is 0.996. The average molecular weight is 346 g/mol. The fourth-order valence-corrected chi connectivity index (χ4v) is 3.66. The summed E-state index contributed by atoms with van der Waals surface area (Å²) in [6.45, 7) is 2.94. The molecule has 0 saturated heterocycles. The fourth-order valence-electron chi connectivity index (χ4n) is 3.26. The highest BCUT2D eigenvalue weighted by Gasteiger charge is 2.39. The lowest BCUT2D eigenvalue weighted by Gasteiger charge is -2.40. The summed E-state index contributed by atoms with van der Waals surface area (Å²) in [5, 5.41) is 14.9. The number of nitrogens with one attached hydrogen (secondary N) is 1. The zero-order valence-electron chi connectivity index (χ0n) is 12.1. The van der Waals surface area contributed by atoms with Gasteiger partial charge in [-0.25, -0.2) is 0 Å². The highest BCUT2D eigenvalue weighted by molar-refractivity contribution is 9.10. The number of halogens is 1. The van der Waals surface area contributed by atoms with Crippen molar-refractivity contribution in [2.45, 2.75) is 31.4 Å². The fraction of sp³-hybridized carbons (Fsp3) is 0.333. The summed E-state index contributed by atoms with van der Waals surface area (Å²) in [5.41, 5.74) is 2.60. The molecular weight excluding hydrogens is 326 g/mol. The number of aliphatic hydroxyl groups is 1. The first-order valence-corrected chi connectivity index (χ1v) is 8.24. The molecule has 110 valence electrons. The molecule has 2 aromatic rings. The van der Waals surface area contributed by atoms with Gasteiger partial charge in [0.05, 0.1) is 6.04 Å². The third-order valence-electron chi connectivity index (χ3n) is 4.45. The maximum Gasteiger partial charge on any atom is 0.109 e. The monoisotopic (exact) mass is 345 g/mol. The minimum atomic E-state index is -0.902. The Kier molecular flexibility index (Phi) is 4.16. The summed E-state index contributed by atoms with van der Waals surface area (Å²) in [4.78, 5) is 0. The van der Waals surface area contributed by atoms with E-state index in [2.05, 4.69) is 45.5 Å². The molecule has 1 aliphatic heterocycles. The molecule has 0 aliphatic carbocycles. The molecule has 2 atom stereocenters. The van der Waals surface area contributed by atoms with Crippen LogP contribution in [0.3, 0.4) is 0 Å². The van der Waals surface area contributed by atoms with Crippen molar-refractivity contribution in [3.63, 3.8) is 0 Å². The first-order valence-electron chi connectivity index (χ1n) is 7.45. The SMILES string of the molecule is CCC(O)(c1cccc(Br)c1)C1NCCc2ccccc21. The highest BCUT2D eigenvalue weighted by atomic mass is 79.9. The molecule has 2 aromatic carbocycles. The Morgan fingerprint density at radius 1 is 1.24 bits per heavy atom. The van der Waals surface area contributed by atoms with E-state index < -0.39 is 5.60 Å². The molecule has 0 amide bonds. The van der Waals surface area contributed by atoms with E-state index in [1.54, 1.807) is 0 Å². The Hall–Kier alpha value is -1.16. The normalized spacial score (nSPS) is 20.6. The lowest BCUT2D eigenvalue weighted by molar-refractivity contribution is -0.0107. The number of hydrogen-bond acceptors (Lipinski definition) is 2. The van der Waals surface area contributed by atoms with Gasteiger partial charge in [0, 0.05) is 4.47 Å². The van der Waals surface area contributed by atoms with Gasteiger partial charge in [-0.2, -0.15) is 0 Å². The van der Waals surface area contributed by atoms with Crippen LogP contribution in [0, 0.1) is 0 Å². The molecule has 0 saturated carbocycles. The Bertz CT molecular complexity index is 643. The second kappa shape index (κ2) is 5.91. The van der Waals surface area contributed by atoms with Crippen molar-refractivity contribution in [2.75, 3.05) is 6.54 Å². The Labute approximate surface area is 134 Å². The van der Waals surface area contributed by atoms with Crippen LogP contribution in [0.25, 0.3) is 0 Å². The molecule has 3 heteroatoms. The number of benzene rings is 2. The maximum absolute atomic E-state index is 11.4. The molecule has 2 unspecified atom stereocenters. The van der Waals surface area contributed by atoms with Crippen molar-refractivity contribution in [2.24, 2.45) is 0 Å².